The fourth-order valence-corrected chi connectivity index (χ4v) is 3.39. The highest BCUT2D eigenvalue weighted by molar-refractivity contribution is 5.73. The molecule has 0 saturated carbocycles. The van der Waals surface area contributed by atoms with Crippen LogP contribution in [0.4, 0.5) is 0 Å². The molecule has 0 unspecified atom stereocenters. The highest BCUT2D eigenvalue weighted by atomic mass is 16.4. The summed E-state index contributed by atoms with van der Waals surface area (Å²) in [7, 11) is 0. The van der Waals surface area contributed by atoms with Crippen LogP contribution in [0.1, 0.15) is 90.7 Å². The SMILES string of the molecule is CC(C)(C)CCCCc1c(O)cc(O)c(O)c1CCCCCC(C)(C)C(=O)O. The van der Waals surface area contributed by atoms with E-state index in [1.54, 1.807) is 13.8 Å². The van der Waals surface area contributed by atoms with E-state index in [2.05, 4.69) is 20.8 Å². The Morgan fingerprint density at radius 2 is 1.32 bits per heavy atom. The Kier molecular flexibility index (Phi) is 8.65. The number of carbonyl (C=O) groups is 1. The number of unbranched alkanes of at least 4 members (excludes halogenated alkanes) is 3. The second kappa shape index (κ2) is 10.0. The Bertz CT molecular complexity index is 656. The number of rotatable bonds is 11. The molecule has 5 nitrogen and oxygen atoms in total. The van der Waals surface area contributed by atoms with Gasteiger partial charge in [0.25, 0.3) is 0 Å². The minimum atomic E-state index is -0.791. The van der Waals surface area contributed by atoms with E-state index in [0.717, 1.165) is 44.1 Å². The van der Waals surface area contributed by atoms with E-state index in [4.69, 9.17) is 0 Å². The van der Waals surface area contributed by atoms with Crippen LogP contribution >= 0.6 is 0 Å². The van der Waals surface area contributed by atoms with Crippen molar-refractivity contribution in [1.29, 1.82) is 0 Å². The molecule has 0 fully saturated rings. The van der Waals surface area contributed by atoms with E-state index in [0.29, 0.717) is 24.8 Å². The number of benzene rings is 1. The van der Waals surface area contributed by atoms with E-state index in [9.17, 15) is 25.2 Å². The average molecular weight is 395 g/mol. The number of phenols is 3. The Morgan fingerprint density at radius 1 is 0.786 bits per heavy atom. The molecule has 0 saturated heterocycles. The topological polar surface area (TPSA) is 98.0 Å². The number of aliphatic carboxylic acids is 1. The maximum atomic E-state index is 11.2. The summed E-state index contributed by atoms with van der Waals surface area (Å²) < 4.78 is 0. The number of aromatic hydroxyl groups is 3. The van der Waals surface area contributed by atoms with E-state index >= 15 is 0 Å². The molecular weight excluding hydrogens is 356 g/mol. The van der Waals surface area contributed by atoms with Gasteiger partial charge in [-0.1, -0.05) is 40.0 Å². The monoisotopic (exact) mass is 394 g/mol. The summed E-state index contributed by atoms with van der Waals surface area (Å²) in [5, 5.41) is 39.7. The Balaban J connectivity index is 2.69. The van der Waals surface area contributed by atoms with Gasteiger partial charge in [0.15, 0.2) is 11.5 Å². The number of hydrogen-bond donors (Lipinski definition) is 4. The molecule has 0 aliphatic rings. The van der Waals surface area contributed by atoms with E-state index in [1.165, 1.54) is 6.07 Å². The van der Waals surface area contributed by atoms with Crippen LogP contribution in [0.15, 0.2) is 6.07 Å². The van der Waals surface area contributed by atoms with Gasteiger partial charge in [-0.25, -0.2) is 0 Å². The zero-order valence-corrected chi connectivity index (χ0v) is 18.1. The molecule has 0 spiro atoms. The number of phenolic OH excluding ortho intramolecular Hbond substituents is 3. The highest BCUT2D eigenvalue weighted by Crippen LogP contribution is 2.39. The van der Waals surface area contributed by atoms with Gasteiger partial charge < -0.3 is 20.4 Å². The molecule has 0 aliphatic heterocycles. The molecule has 0 atom stereocenters. The molecule has 0 radical (unpaired) electrons. The maximum absolute atomic E-state index is 11.2. The molecule has 1 rings (SSSR count). The van der Waals surface area contributed by atoms with Crippen molar-refractivity contribution in [3.63, 3.8) is 0 Å². The molecule has 0 aromatic heterocycles. The first kappa shape index (κ1) is 24.1. The van der Waals surface area contributed by atoms with E-state index in [1.807, 2.05) is 0 Å². The van der Waals surface area contributed by atoms with E-state index in [-0.39, 0.29) is 22.7 Å². The third-order valence-electron chi connectivity index (χ3n) is 5.39. The summed E-state index contributed by atoms with van der Waals surface area (Å²) in [5.74, 6) is -1.19. The second-order valence-electron chi connectivity index (χ2n) is 9.74. The molecular formula is C23H38O5. The lowest BCUT2D eigenvalue weighted by atomic mass is 9.86. The van der Waals surface area contributed by atoms with Gasteiger partial charge in [-0.3, -0.25) is 4.79 Å². The fourth-order valence-electron chi connectivity index (χ4n) is 3.39. The predicted octanol–water partition coefficient (Wildman–Crippen LogP) is 5.78. The van der Waals surface area contributed by atoms with Gasteiger partial charge in [0, 0.05) is 17.2 Å². The van der Waals surface area contributed by atoms with Gasteiger partial charge in [-0.15, -0.1) is 0 Å². The maximum Gasteiger partial charge on any atom is 0.309 e. The highest BCUT2D eigenvalue weighted by Gasteiger charge is 2.26. The lowest BCUT2D eigenvalue weighted by molar-refractivity contribution is -0.147. The first-order valence-corrected chi connectivity index (χ1v) is 10.3. The molecule has 1 aromatic carbocycles. The van der Waals surface area contributed by atoms with Crippen LogP contribution in [-0.4, -0.2) is 26.4 Å². The Morgan fingerprint density at radius 3 is 1.89 bits per heavy atom. The molecule has 0 bridgehead atoms. The van der Waals surface area contributed by atoms with Crippen molar-refractivity contribution in [2.75, 3.05) is 0 Å². The molecule has 0 heterocycles. The molecule has 4 N–H and O–H groups in total. The van der Waals surface area contributed by atoms with Crippen LogP contribution in [0, 0.1) is 10.8 Å². The van der Waals surface area contributed by atoms with Crippen molar-refractivity contribution < 1.29 is 25.2 Å². The third kappa shape index (κ3) is 7.61. The summed E-state index contributed by atoms with van der Waals surface area (Å²) in [6.45, 7) is 10.1. The van der Waals surface area contributed by atoms with Crippen molar-refractivity contribution in [3.8, 4) is 17.2 Å². The first-order valence-electron chi connectivity index (χ1n) is 10.3. The smallest absolute Gasteiger partial charge is 0.309 e. The molecule has 0 amide bonds. The molecule has 5 heteroatoms. The van der Waals surface area contributed by atoms with Gasteiger partial charge in [0.1, 0.15) is 5.75 Å². The van der Waals surface area contributed by atoms with Crippen molar-refractivity contribution in [1.82, 2.24) is 0 Å². The lowest BCUT2D eigenvalue weighted by Crippen LogP contribution is -2.23. The minimum absolute atomic E-state index is 0.0352. The van der Waals surface area contributed by atoms with Crippen LogP contribution < -0.4 is 0 Å². The summed E-state index contributed by atoms with van der Waals surface area (Å²) in [4.78, 5) is 11.2. The molecule has 28 heavy (non-hydrogen) atoms. The lowest BCUT2D eigenvalue weighted by Gasteiger charge is -2.19. The zero-order chi connectivity index (χ0) is 21.5. The van der Waals surface area contributed by atoms with Crippen molar-refractivity contribution >= 4 is 5.97 Å². The number of carboxylic acids is 1. The van der Waals surface area contributed by atoms with Gasteiger partial charge in [0.2, 0.25) is 0 Å². The van der Waals surface area contributed by atoms with Crippen LogP contribution in [0.2, 0.25) is 0 Å². The fraction of sp³-hybridized carbons (Fsp3) is 0.696. The minimum Gasteiger partial charge on any atom is -0.508 e. The summed E-state index contributed by atoms with van der Waals surface area (Å²) in [5.41, 5.74) is 0.871. The Hall–Kier alpha value is -1.91. The van der Waals surface area contributed by atoms with Crippen molar-refractivity contribution in [3.05, 3.63) is 17.2 Å². The van der Waals surface area contributed by atoms with Gasteiger partial charge in [0.05, 0.1) is 5.41 Å². The second-order valence-corrected chi connectivity index (χ2v) is 9.74. The largest absolute Gasteiger partial charge is 0.508 e. The van der Waals surface area contributed by atoms with Crippen LogP contribution in [0.3, 0.4) is 0 Å². The van der Waals surface area contributed by atoms with E-state index < -0.39 is 11.4 Å². The summed E-state index contributed by atoms with van der Waals surface area (Å²) >= 11 is 0. The molecule has 160 valence electrons. The van der Waals surface area contributed by atoms with Crippen molar-refractivity contribution in [2.45, 2.75) is 92.4 Å². The van der Waals surface area contributed by atoms with Gasteiger partial charge in [-0.05, 0) is 57.8 Å². The van der Waals surface area contributed by atoms with Crippen LogP contribution in [0.25, 0.3) is 0 Å². The Labute approximate surface area is 169 Å². The molecule has 1 aromatic rings. The quantitative estimate of drug-likeness (QED) is 0.217. The first-order chi connectivity index (χ1) is 12.8. The third-order valence-corrected chi connectivity index (χ3v) is 5.39. The van der Waals surface area contributed by atoms with Crippen LogP contribution in [0.5, 0.6) is 17.2 Å². The van der Waals surface area contributed by atoms with Crippen LogP contribution in [-0.2, 0) is 17.6 Å². The standard InChI is InChI=1S/C23H38O5/c1-22(2,3)13-10-8-11-16-17(20(26)19(25)15-18(16)24)12-7-6-9-14-23(4,5)21(27)28/h15,24-26H,6-14H2,1-5H3,(H,27,28). The zero-order valence-electron chi connectivity index (χ0n) is 18.1. The normalized spacial score (nSPS) is 12.3. The summed E-state index contributed by atoms with van der Waals surface area (Å²) in [6, 6.07) is 1.22. The number of hydrogen-bond acceptors (Lipinski definition) is 4. The van der Waals surface area contributed by atoms with Gasteiger partial charge >= 0.3 is 5.97 Å². The van der Waals surface area contributed by atoms with Crippen molar-refractivity contribution in [2.24, 2.45) is 10.8 Å². The number of carboxylic acid groups (broad SMARTS) is 1. The van der Waals surface area contributed by atoms with Gasteiger partial charge in [-0.2, -0.15) is 0 Å². The summed E-state index contributed by atoms with van der Waals surface area (Å²) in [6.07, 6.45) is 7.23. The molecule has 0 aliphatic carbocycles. The average Bonchev–Trinajstić information content (AvgIpc) is 2.56. The predicted molar refractivity (Wildman–Crippen MR) is 112 cm³/mol.